The standard InChI is InChI=1S/C18H17N3O3/c1-12-3-2-4-17-20-14(11-21(12)17)18(22)19-10-13-5-6-15-16(9-13)24-8-7-23-15/h2-6,9,11H,7-8,10H2,1H3,(H,19,22). The van der Waals surface area contributed by atoms with Crippen molar-refractivity contribution < 1.29 is 14.3 Å². The van der Waals surface area contributed by atoms with E-state index in [-0.39, 0.29) is 5.91 Å². The van der Waals surface area contributed by atoms with Crippen LogP contribution in [-0.2, 0) is 6.54 Å². The summed E-state index contributed by atoms with van der Waals surface area (Å²) in [6.07, 6.45) is 1.75. The first kappa shape index (κ1) is 14.6. The Bertz CT molecular complexity index is 917. The Kier molecular flexibility index (Phi) is 3.57. The third-order valence-electron chi connectivity index (χ3n) is 3.99. The van der Waals surface area contributed by atoms with E-state index in [4.69, 9.17) is 9.47 Å². The fourth-order valence-corrected chi connectivity index (χ4v) is 2.73. The third kappa shape index (κ3) is 2.67. The van der Waals surface area contributed by atoms with E-state index in [1.165, 1.54) is 0 Å². The second-order valence-electron chi connectivity index (χ2n) is 5.68. The lowest BCUT2D eigenvalue weighted by atomic mass is 10.2. The minimum Gasteiger partial charge on any atom is -0.486 e. The lowest BCUT2D eigenvalue weighted by Crippen LogP contribution is -2.23. The molecule has 4 rings (SSSR count). The lowest BCUT2D eigenvalue weighted by Gasteiger charge is -2.18. The van der Waals surface area contributed by atoms with E-state index >= 15 is 0 Å². The first-order valence-electron chi connectivity index (χ1n) is 7.82. The number of ether oxygens (including phenoxy) is 2. The van der Waals surface area contributed by atoms with E-state index < -0.39 is 0 Å². The molecule has 0 spiro atoms. The van der Waals surface area contributed by atoms with E-state index in [1.807, 2.05) is 47.7 Å². The average molecular weight is 323 g/mol. The molecule has 6 heteroatoms. The minimum atomic E-state index is -0.201. The number of aryl methyl sites for hydroxylation is 1. The van der Waals surface area contributed by atoms with Gasteiger partial charge in [0.05, 0.1) is 0 Å². The molecule has 122 valence electrons. The summed E-state index contributed by atoms with van der Waals surface area (Å²) in [5, 5.41) is 2.89. The van der Waals surface area contributed by atoms with Gasteiger partial charge in [-0.15, -0.1) is 0 Å². The Morgan fingerprint density at radius 2 is 2.04 bits per heavy atom. The van der Waals surface area contributed by atoms with E-state index in [0.717, 1.165) is 28.4 Å². The number of imidazole rings is 1. The summed E-state index contributed by atoms with van der Waals surface area (Å²) in [5.74, 6) is 1.26. The highest BCUT2D eigenvalue weighted by Gasteiger charge is 2.14. The number of carbonyl (C=O) groups excluding carboxylic acids is 1. The molecular weight excluding hydrogens is 306 g/mol. The van der Waals surface area contributed by atoms with Gasteiger partial charge < -0.3 is 19.2 Å². The van der Waals surface area contributed by atoms with Crippen LogP contribution in [0.25, 0.3) is 5.65 Å². The normalized spacial score (nSPS) is 13.0. The van der Waals surface area contributed by atoms with Gasteiger partial charge in [-0.25, -0.2) is 4.98 Å². The number of nitrogens with one attached hydrogen (secondary N) is 1. The molecule has 0 unspecified atom stereocenters. The largest absolute Gasteiger partial charge is 0.486 e. The second-order valence-corrected chi connectivity index (χ2v) is 5.68. The van der Waals surface area contributed by atoms with Gasteiger partial charge in [-0.2, -0.15) is 0 Å². The molecule has 0 radical (unpaired) electrons. The van der Waals surface area contributed by atoms with Crippen molar-refractivity contribution in [1.29, 1.82) is 0 Å². The van der Waals surface area contributed by atoms with Gasteiger partial charge >= 0.3 is 0 Å². The molecular formula is C18H17N3O3. The summed E-state index contributed by atoms with van der Waals surface area (Å²) in [5.41, 5.74) is 3.15. The maximum atomic E-state index is 12.3. The number of hydrogen-bond donors (Lipinski definition) is 1. The van der Waals surface area contributed by atoms with Gasteiger partial charge in [0.1, 0.15) is 24.6 Å². The number of aromatic nitrogens is 2. The number of nitrogens with zero attached hydrogens (tertiary/aromatic N) is 2. The monoisotopic (exact) mass is 323 g/mol. The summed E-state index contributed by atoms with van der Waals surface area (Å²) in [7, 11) is 0. The molecule has 0 saturated carbocycles. The quantitative estimate of drug-likeness (QED) is 0.803. The predicted octanol–water partition coefficient (Wildman–Crippen LogP) is 2.34. The number of carbonyl (C=O) groups is 1. The van der Waals surface area contributed by atoms with Crippen LogP contribution in [0.1, 0.15) is 21.7 Å². The molecule has 0 saturated heterocycles. The van der Waals surface area contributed by atoms with Gasteiger partial charge in [0.15, 0.2) is 11.5 Å². The van der Waals surface area contributed by atoms with Crippen LogP contribution in [0.2, 0.25) is 0 Å². The number of fused-ring (bicyclic) bond motifs is 2. The number of hydrogen-bond acceptors (Lipinski definition) is 4. The van der Waals surface area contributed by atoms with Crippen LogP contribution >= 0.6 is 0 Å². The maximum Gasteiger partial charge on any atom is 0.271 e. The van der Waals surface area contributed by atoms with Crippen molar-refractivity contribution in [3.05, 3.63) is 59.5 Å². The Morgan fingerprint density at radius 3 is 2.88 bits per heavy atom. The summed E-state index contributed by atoms with van der Waals surface area (Å²) in [4.78, 5) is 16.7. The van der Waals surface area contributed by atoms with Crippen LogP contribution in [0.4, 0.5) is 0 Å². The molecule has 1 aromatic carbocycles. The Labute approximate surface area is 139 Å². The van der Waals surface area contributed by atoms with Crippen molar-refractivity contribution in [1.82, 2.24) is 14.7 Å². The highest BCUT2D eigenvalue weighted by atomic mass is 16.6. The predicted molar refractivity (Wildman–Crippen MR) is 88.5 cm³/mol. The van der Waals surface area contributed by atoms with Crippen molar-refractivity contribution in [3.8, 4) is 11.5 Å². The van der Waals surface area contributed by atoms with Crippen LogP contribution in [0.15, 0.2) is 42.6 Å². The topological polar surface area (TPSA) is 64.9 Å². The van der Waals surface area contributed by atoms with Crippen molar-refractivity contribution in [3.63, 3.8) is 0 Å². The minimum absolute atomic E-state index is 0.201. The molecule has 1 amide bonds. The SMILES string of the molecule is Cc1cccc2nc(C(=O)NCc3ccc4c(c3)OCCO4)cn12. The Morgan fingerprint density at radius 1 is 1.21 bits per heavy atom. The maximum absolute atomic E-state index is 12.3. The number of amides is 1. The Hall–Kier alpha value is -3.02. The lowest BCUT2D eigenvalue weighted by molar-refractivity contribution is 0.0946. The van der Waals surface area contributed by atoms with Crippen molar-refractivity contribution in [2.75, 3.05) is 13.2 Å². The van der Waals surface area contributed by atoms with E-state index in [0.29, 0.717) is 25.5 Å². The van der Waals surface area contributed by atoms with Gasteiger partial charge in [-0.3, -0.25) is 4.79 Å². The molecule has 0 bridgehead atoms. The van der Waals surface area contributed by atoms with Gasteiger partial charge in [-0.1, -0.05) is 12.1 Å². The van der Waals surface area contributed by atoms with Gasteiger partial charge in [-0.05, 0) is 36.8 Å². The smallest absolute Gasteiger partial charge is 0.271 e. The first-order chi connectivity index (χ1) is 11.7. The Balaban J connectivity index is 1.48. The fraction of sp³-hybridized carbons (Fsp3) is 0.222. The van der Waals surface area contributed by atoms with Crippen molar-refractivity contribution >= 4 is 11.6 Å². The number of rotatable bonds is 3. The molecule has 0 aliphatic carbocycles. The summed E-state index contributed by atoms with van der Waals surface area (Å²) in [6.45, 7) is 3.49. The zero-order chi connectivity index (χ0) is 16.5. The fourth-order valence-electron chi connectivity index (χ4n) is 2.73. The van der Waals surface area contributed by atoms with Crippen LogP contribution in [0.5, 0.6) is 11.5 Å². The van der Waals surface area contributed by atoms with Gasteiger partial charge in [0.2, 0.25) is 0 Å². The molecule has 0 fully saturated rings. The highest BCUT2D eigenvalue weighted by molar-refractivity contribution is 5.92. The van der Waals surface area contributed by atoms with Crippen LogP contribution in [-0.4, -0.2) is 28.5 Å². The zero-order valence-electron chi connectivity index (χ0n) is 13.3. The van der Waals surface area contributed by atoms with Crippen LogP contribution < -0.4 is 14.8 Å². The molecule has 1 aliphatic heterocycles. The second kappa shape index (κ2) is 5.88. The average Bonchev–Trinajstić information content (AvgIpc) is 3.05. The van der Waals surface area contributed by atoms with Crippen LogP contribution in [0.3, 0.4) is 0 Å². The molecule has 3 heterocycles. The third-order valence-corrected chi connectivity index (χ3v) is 3.99. The summed E-state index contributed by atoms with van der Waals surface area (Å²) >= 11 is 0. The summed E-state index contributed by atoms with van der Waals surface area (Å²) in [6, 6.07) is 11.5. The molecule has 0 atom stereocenters. The van der Waals surface area contributed by atoms with E-state index in [1.54, 1.807) is 6.20 Å². The van der Waals surface area contributed by atoms with Crippen molar-refractivity contribution in [2.45, 2.75) is 13.5 Å². The number of benzene rings is 1. The molecule has 2 aromatic heterocycles. The summed E-state index contributed by atoms with van der Waals surface area (Å²) < 4.78 is 13.0. The molecule has 1 aliphatic rings. The molecule has 6 nitrogen and oxygen atoms in total. The highest BCUT2D eigenvalue weighted by Crippen LogP contribution is 2.30. The van der Waals surface area contributed by atoms with Crippen molar-refractivity contribution in [2.24, 2.45) is 0 Å². The molecule has 24 heavy (non-hydrogen) atoms. The molecule has 1 N–H and O–H groups in total. The zero-order valence-corrected chi connectivity index (χ0v) is 13.3. The van der Waals surface area contributed by atoms with E-state index in [9.17, 15) is 4.79 Å². The van der Waals surface area contributed by atoms with E-state index in [2.05, 4.69) is 10.3 Å². The van der Waals surface area contributed by atoms with Gasteiger partial charge in [0, 0.05) is 18.4 Å². The molecule has 3 aromatic rings. The first-order valence-corrected chi connectivity index (χ1v) is 7.82. The number of pyridine rings is 1. The van der Waals surface area contributed by atoms with Crippen LogP contribution in [0, 0.1) is 6.92 Å². The van der Waals surface area contributed by atoms with Gasteiger partial charge in [0.25, 0.3) is 5.91 Å².